The van der Waals surface area contributed by atoms with E-state index in [2.05, 4.69) is 5.32 Å². The van der Waals surface area contributed by atoms with Crippen LogP contribution in [0.15, 0.2) is 41.0 Å². The zero-order valence-electron chi connectivity index (χ0n) is 11.7. The molecule has 0 fully saturated rings. The molecule has 1 amide bonds. The van der Waals surface area contributed by atoms with Crippen molar-refractivity contribution in [2.45, 2.75) is 13.1 Å². The highest BCUT2D eigenvalue weighted by Gasteiger charge is 2.15. The van der Waals surface area contributed by atoms with E-state index >= 15 is 0 Å². The number of carbonyl (C=O) groups is 1. The van der Waals surface area contributed by atoms with Crippen molar-refractivity contribution in [1.82, 2.24) is 5.32 Å². The topological polar surface area (TPSA) is 46.7 Å². The lowest BCUT2D eigenvalue weighted by Gasteiger charge is -2.15. The third-order valence-corrected chi connectivity index (χ3v) is 3.40. The summed E-state index contributed by atoms with van der Waals surface area (Å²) in [4.78, 5) is 12.7. The van der Waals surface area contributed by atoms with E-state index in [1.807, 2.05) is 7.05 Å². The molecule has 0 saturated carbocycles. The standard InChI is InChI=1S/C15H16ClFN2O2/c1-19(9-12-13(16)5-2-6-14(12)17)10-15(20)18-8-11-4-3-7-21-11/h2-7H,8-10H2,1H3,(H,18,20)/p+1. The van der Waals surface area contributed by atoms with Crippen molar-refractivity contribution in [3.05, 3.63) is 58.8 Å². The first-order valence-corrected chi connectivity index (χ1v) is 6.97. The lowest BCUT2D eigenvalue weighted by Crippen LogP contribution is -3.09. The molecule has 1 heterocycles. The monoisotopic (exact) mass is 311 g/mol. The van der Waals surface area contributed by atoms with E-state index in [0.29, 0.717) is 29.4 Å². The van der Waals surface area contributed by atoms with Gasteiger partial charge in [-0.2, -0.15) is 0 Å². The van der Waals surface area contributed by atoms with Gasteiger partial charge in [0.05, 0.1) is 30.4 Å². The molecule has 0 aliphatic heterocycles. The first-order chi connectivity index (χ1) is 10.1. The Morgan fingerprint density at radius 1 is 1.38 bits per heavy atom. The molecular weight excluding hydrogens is 295 g/mol. The van der Waals surface area contributed by atoms with Gasteiger partial charge in [0.1, 0.15) is 18.1 Å². The molecule has 2 rings (SSSR count). The number of carbonyl (C=O) groups excluding carboxylic acids is 1. The average Bonchev–Trinajstić information content (AvgIpc) is 2.94. The van der Waals surface area contributed by atoms with Gasteiger partial charge in [0, 0.05) is 0 Å². The molecule has 0 saturated heterocycles. The number of rotatable bonds is 6. The van der Waals surface area contributed by atoms with Crippen LogP contribution in [0.3, 0.4) is 0 Å². The zero-order chi connectivity index (χ0) is 15.2. The van der Waals surface area contributed by atoms with Crippen LogP contribution >= 0.6 is 11.6 Å². The van der Waals surface area contributed by atoms with Gasteiger partial charge in [-0.15, -0.1) is 0 Å². The molecule has 0 radical (unpaired) electrons. The van der Waals surface area contributed by atoms with Gasteiger partial charge < -0.3 is 14.6 Å². The van der Waals surface area contributed by atoms with Crippen LogP contribution in [-0.4, -0.2) is 19.5 Å². The summed E-state index contributed by atoms with van der Waals surface area (Å²) < 4.78 is 18.8. The number of halogens is 2. The third kappa shape index (κ3) is 4.58. The minimum atomic E-state index is -0.349. The van der Waals surface area contributed by atoms with E-state index in [-0.39, 0.29) is 18.3 Å². The highest BCUT2D eigenvalue weighted by Crippen LogP contribution is 2.17. The van der Waals surface area contributed by atoms with Crippen LogP contribution in [0.2, 0.25) is 5.02 Å². The summed E-state index contributed by atoms with van der Waals surface area (Å²) in [5.74, 6) is 0.215. The van der Waals surface area contributed by atoms with Crippen molar-refractivity contribution >= 4 is 17.5 Å². The molecular formula is C15H17ClFN2O2+. The number of benzene rings is 1. The SMILES string of the molecule is C[NH+](CC(=O)NCc1ccco1)Cc1c(F)cccc1Cl. The fourth-order valence-electron chi connectivity index (χ4n) is 2.00. The predicted octanol–water partition coefficient (Wildman–Crippen LogP) is 1.40. The van der Waals surface area contributed by atoms with Crippen molar-refractivity contribution in [1.29, 1.82) is 0 Å². The second kappa shape index (κ2) is 7.24. The van der Waals surface area contributed by atoms with Crippen LogP contribution in [0.1, 0.15) is 11.3 Å². The van der Waals surface area contributed by atoms with E-state index in [0.717, 1.165) is 4.90 Å². The first kappa shape index (κ1) is 15.5. The Bertz CT molecular complexity index is 581. The molecule has 4 nitrogen and oxygen atoms in total. The third-order valence-electron chi connectivity index (χ3n) is 3.04. The zero-order valence-corrected chi connectivity index (χ0v) is 12.4. The van der Waals surface area contributed by atoms with E-state index in [1.165, 1.54) is 6.07 Å². The highest BCUT2D eigenvalue weighted by molar-refractivity contribution is 6.31. The van der Waals surface area contributed by atoms with Crippen LogP contribution in [0.4, 0.5) is 4.39 Å². The van der Waals surface area contributed by atoms with Crippen molar-refractivity contribution < 1.29 is 18.5 Å². The van der Waals surface area contributed by atoms with E-state index in [4.69, 9.17) is 16.0 Å². The van der Waals surface area contributed by atoms with E-state index in [1.54, 1.807) is 30.5 Å². The summed E-state index contributed by atoms with van der Waals surface area (Å²) in [5, 5.41) is 3.13. The van der Waals surface area contributed by atoms with Gasteiger partial charge in [-0.1, -0.05) is 17.7 Å². The molecule has 2 N–H and O–H groups in total. The summed E-state index contributed by atoms with van der Waals surface area (Å²) in [7, 11) is 1.81. The molecule has 1 aromatic carbocycles. The molecule has 0 aliphatic rings. The van der Waals surface area contributed by atoms with Crippen LogP contribution in [0, 0.1) is 5.82 Å². The fourth-order valence-corrected chi connectivity index (χ4v) is 2.23. The number of quaternary nitrogens is 1. The Hall–Kier alpha value is -1.85. The fraction of sp³-hybridized carbons (Fsp3) is 0.267. The molecule has 2 aromatic rings. The summed E-state index contributed by atoms with van der Waals surface area (Å²) in [5.41, 5.74) is 0.426. The Kier molecular flexibility index (Phi) is 5.36. The normalized spacial score (nSPS) is 12.1. The maximum atomic E-state index is 13.7. The smallest absolute Gasteiger partial charge is 0.275 e. The van der Waals surface area contributed by atoms with Gasteiger partial charge >= 0.3 is 0 Å². The second-order valence-corrected chi connectivity index (χ2v) is 5.27. The summed E-state index contributed by atoms with van der Waals surface area (Å²) in [6, 6.07) is 8.12. The molecule has 0 bridgehead atoms. The van der Waals surface area contributed by atoms with Gasteiger partial charge in [0.25, 0.3) is 5.91 Å². The maximum Gasteiger partial charge on any atom is 0.275 e. The maximum absolute atomic E-state index is 13.7. The Balaban J connectivity index is 1.83. The summed E-state index contributed by atoms with van der Waals surface area (Å²) >= 11 is 5.97. The molecule has 0 spiro atoms. The van der Waals surface area contributed by atoms with Gasteiger partial charge in [-0.3, -0.25) is 4.79 Å². The molecule has 21 heavy (non-hydrogen) atoms. The predicted molar refractivity (Wildman–Crippen MR) is 77.4 cm³/mol. The number of hydrogen-bond donors (Lipinski definition) is 2. The number of nitrogens with one attached hydrogen (secondary N) is 2. The first-order valence-electron chi connectivity index (χ1n) is 6.59. The highest BCUT2D eigenvalue weighted by atomic mass is 35.5. The van der Waals surface area contributed by atoms with Crippen LogP contribution in [0.25, 0.3) is 0 Å². The van der Waals surface area contributed by atoms with Crippen molar-refractivity contribution in [2.75, 3.05) is 13.6 Å². The molecule has 1 unspecified atom stereocenters. The Morgan fingerprint density at radius 3 is 2.86 bits per heavy atom. The number of furan rings is 1. The van der Waals surface area contributed by atoms with Crippen molar-refractivity contribution in [3.8, 4) is 0 Å². The quantitative estimate of drug-likeness (QED) is 0.847. The average molecular weight is 312 g/mol. The van der Waals surface area contributed by atoms with Crippen LogP contribution in [0.5, 0.6) is 0 Å². The molecule has 1 atom stereocenters. The lowest BCUT2D eigenvalue weighted by molar-refractivity contribution is -0.885. The van der Waals surface area contributed by atoms with Gasteiger partial charge in [-0.25, -0.2) is 4.39 Å². The minimum absolute atomic E-state index is 0.128. The van der Waals surface area contributed by atoms with Gasteiger partial charge in [0.15, 0.2) is 6.54 Å². The van der Waals surface area contributed by atoms with Crippen LogP contribution in [-0.2, 0) is 17.9 Å². The Morgan fingerprint density at radius 2 is 2.19 bits per heavy atom. The largest absolute Gasteiger partial charge is 0.467 e. The van der Waals surface area contributed by atoms with Gasteiger partial charge in [0.2, 0.25) is 0 Å². The summed E-state index contributed by atoms with van der Waals surface area (Å²) in [6.45, 7) is 0.921. The number of hydrogen-bond acceptors (Lipinski definition) is 2. The Labute approximate surface area is 127 Å². The van der Waals surface area contributed by atoms with Gasteiger partial charge in [-0.05, 0) is 24.3 Å². The lowest BCUT2D eigenvalue weighted by atomic mass is 10.2. The van der Waals surface area contributed by atoms with E-state index in [9.17, 15) is 9.18 Å². The van der Waals surface area contributed by atoms with Crippen LogP contribution < -0.4 is 10.2 Å². The molecule has 1 aromatic heterocycles. The number of amides is 1. The van der Waals surface area contributed by atoms with Crippen molar-refractivity contribution in [2.24, 2.45) is 0 Å². The van der Waals surface area contributed by atoms with E-state index < -0.39 is 0 Å². The number of likely N-dealkylation sites (N-methyl/N-ethyl adjacent to an activating group) is 1. The molecule has 0 aliphatic carbocycles. The molecule has 112 valence electrons. The second-order valence-electron chi connectivity index (χ2n) is 4.87. The minimum Gasteiger partial charge on any atom is -0.467 e. The summed E-state index contributed by atoms with van der Waals surface area (Å²) in [6.07, 6.45) is 1.55. The van der Waals surface area contributed by atoms with Crippen molar-refractivity contribution in [3.63, 3.8) is 0 Å². The molecule has 6 heteroatoms.